The van der Waals surface area contributed by atoms with Gasteiger partial charge in [0.1, 0.15) is 17.2 Å². The Bertz CT molecular complexity index is 1030. The van der Waals surface area contributed by atoms with Crippen LogP contribution in [-0.4, -0.2) is 23.1 Å². The predicted octanol–water partition coefficient (Wildman–Crippen LogP) is 5.53. The molecular weight excluding hydrogens is 384 g/mol. The van der Waals surface area contributed by atoms with E-state index in [0.717, 1.165) is 17.1 Å². The zero-order valence-corrected chi connectivity index (χ0v) is 17.0. The Kier molecular flexibility index (Phi) is 6.78. The van der Waals surface area contributed by atoms with Crippen molar-refractivity contribution < 1.29 is 9.47 Å². The second-order valence-corrected chi connectivity index (χ2v) is 7.03. The van der Waals surface area contributed by atoms with Gasteiger partial charge >= 0.3 is 0 Å². The molecular formula is C22H20N4O2S. The summed E-state index contributed by atoms with van der Waals surface area (Å²) in [5.74, 6) is 1.88. The van der Waals surface area contributed by atoms with Crippen LogP contribution in [0.1, 0.15) is 23.9 Å². The van der Waals surface area contributed by atoms with Crippen molar-refractivity contribution in [3.05, 3.63) is 70.8 Å². The molecule has 3 aromatic rings. The van der Waals surface area contributed by atoms with Gasteiger partial charge in [-0.3, -0.25) is 5.10 Å². The van der Waals surface area contributed by atoms with E-state index in [0.29, 0.717) is 42.2 Å². The highest BCUT2D eigenvalue weighted by Gasteiger charge is 2.15. The summed E-state index contributed by atoms with van der Waals surface area (Å²) in [6, 6.07) is 14.8. The third-order valence-electron chi connectivity index (χ3n) is 4.25. The summed E-state index contributed by atoms with van der Waals surface area (Å²) in [6.45, 7) is 9.66. The number of hydrogen-bond donors (Lipinski definition) is 1. The molecule has 0 saturated carbocycles. The average Bonchev–Trinajstić information content (AvgIpc) is 3.15. The highest BCUT2D eigenvalue weighted by Crippen LogP contribution is 2.32. The van der Waals surface area contributed by atoms with Gasteiger partial charge in [0.25, 0.3) is 0 Å². The molecule has 0 aliphatic heterocycles. The number of H-pyrrole nitrogens is 1. The van der Waals surface area contributed by atoms with Gasteiger partial charge in [0, 0.05) is 16.9 Å². The molecule has 29 heavy (non-hydrogen) atoms. The molecule has 146 valence electrons. The van der Waals surface area contributed by atoms with Gasteiger partial charge in [-0.05, 0) is 55.1 Å². The molecule has 0 radical (unpaired) electrons. The van der Waals surface area contributed by atoms with Crippen molar-refractivity contribution in [1.29, 1.82) is 5.26 Å². The largest absolute Gasteiger partial charge is 0.493 e. The van der Waals surface area contributed by atoms with Gasteiger partial charge in [0.2, 0.25) is 0 Å². The third-order valence-corrected chi connectivity index (χ3v) is 4.99. The fraction of sp³-hybridized carbons (Fsp3) is 0.227. The molecule has 0 fully saturated rings. The number of aryl methyl sites for hydroxylation is 1. The first kappa shape index (κ1) is 20.3. The summed E-state index contributed by atoms with van der Waals surface area (Å²) < 4.78 is 11.9. The molecule has 0 spiro atoms. The molecule has 0 bridgehead atoms. The van der Waals surface area contributed by atoms with E-state index >= 15 is 0 Å². The van der Waals surface area contributed by atoms with Crippen LogP contribution in [0, 0.1) is 17.9 Å². The van der Waals surface area contributed by atoms with Gasteiger partial charge in [-0.25, -0.2) is 4.85 Å². The molecule has 7 heteroatoms. The molecule has 2 aromatic carbocycles. The SMILES string of the molecule is [C-]#[N+]c1cc(C#N)cc(Oc2c(CC)n[nH]c2CCOc2ccc(SC)cc2)c1. The minimum absolute atomic E-state index is 0.360. The van der Waals surface area contributed by atoms with Crippen molar-refractivity contribution in [2.75, 3.05) is 12.9 Å². The summed E-state index contributed by atoms with van der Waals surface area (Å²) in [7, 11) is 0. The Balaban J connectivity index is 1.74. The lowest BCUT2D eigenvalue weighted by Crippen LogP contribution is -2.03. The number of aromatic nitrogens is 2. The van der Waals surface area contributed by atoms with Gasteiger partial charge in [-0.1, -0.05) is 6.92 Å². The lowest BCUT2D eigenvalue weighted by Gasteiger charge is -2.10. The van der Waals surface area contributed by atoms with Gasteiger partial charge in [-0.15, -0.1) is 11.8 Å². The molecule has 1 heterocycles. The number of ether oxygens (including phenoxy) is 2. The second kappa shape index (κ2) is 9.68. The van der Waals surface area contributed by atoms with Gasteiger partial charge < -0.3 is 9.47 Å². The number of hydrogen-bond acceptors (Lipinski definition) is 5. The van der Waals surface area contributed by atoms with E-state index in [1.165, 1.54) is 11.0 Å². The van der Waals surface area contributed by atoms with E-state index in [1.54, 1.807) is 23.9 Å². The van der Waals surface area contributed by atoms with Crippen molar-refractivity contribution in [3.8, 4) is 23.3 Å². The molecule has 0 aliphatic rings. The average molecular weight is 404 g/mol. The number of thioether (sulfide) groups is 1. The highest BCUT2D eigenvalue weighted by atomic mass is 32.2. The lowest BCUT2D eigenvalue weighted by atomic mass is 10.2. The summed E-state index contributed by atoms with van der Waals surface area (Å²) in [4.78, 5) is 4.59. The fourth-order valence-electron chi connectivity index (χ4n) is 2.77. The van der Waals surface area contributed by atoms with Gasteiger partial charge in [-0.2, -0.15) is 10.4 Å². The van der Waals surface area contributed by atoms with Crippen molar-refractivity contribution in [2.24, 2.45) is 0 Å². The van der Waals surface area contributed by atoms with Crippen LogP contribution in [0.3, 0.4) is 0 Å². The molecule has 0 saturated heterocycles. The van der Waals surface area contributed by atoms with Gasteiger partial charge in [0.15, 0.2) is 11.4 Å². The number of nitriles is 1. The number of aromatic amines is 1. The zero-order valence-electron chi connectivity index (χ0n) is 16.2. The normalized spacial score (nSPS) is 10.2. The first-order chi connectivity index (χ1) is 14.2. The van der Waals surface area contributed by atoms with Crippen LogP contribution < -0.4 is 9.47 Å². The monoisotopic (exact) mass is 404 g/mol. The molecule has 0 unspecified atom stereocenters. The van der Waals surface area contributed by atoms with Crippen LogP contribution in [0.4, 0.5) is 5.69 Å². The van der Waals surface area contributed by atoms with Crippen LogP contribution in [0.15, 0.2) is 47.4 Å². The maximum atomic E-state index is 9.18. The van der Waals surface area contributed by atoms with Crippen LogP contribution in [0.5, 0.6) is 17.2 Å². The number of rotatable bonds is 8. The van der Waals surface area contributed by atoms with Crippen LogP contribution in [-0.2, 0) is 12.8 Å². The minimum atomic E-state index is 0.360. The molecule has 6 nitrogen and oxygen atoms in total. The van der Waals surface area contributed by atoms with E-state index in [1.807, 2.05) is 37.4 Å². The first-order valence-electron chi connectivity index (χ1n) is 9.10. The smallest absolute Gasteiger partial charge is 0.192 e. The van der Waals surface area contributed by atoms with E-state index in [9.17, 15) is 5.26 Å². The lowest BCUT2D eigenvalue weighted by molar-refractivity contribution is 0.318. The number of nitrogens with zero attached hydrogens (tertiary/aromatic N) is 3. The van der Waals surface area contributed by atoms with E-state index in [-0.39, 0.29) is 0 Å². The van der Waals surface area contributed by atoms with E-state index < -0.39 is 0 Å². The van der Waals surface area contributed by atoms with Gasteiger partial charge in [0.05, 0.1) is 24.9 Å². The molecule has 0 aliphatic carbocycles. The van der Waals surface area contributed by atoms with E-state index in [2.05, 4.69) is 21.1 Å². The Hall–Kier alpha value is -3.42. The summed E-state index contributed by atoms with van der Waals surface area (Å²) in [6.07, 6.45) is 3.31. The second-order valence-electron chi connectivity index (χ2n) is 6.15. The summed E-state index contributed by atoms with van der Waals surface area (Å²) >= 11 is 1.69. The molecule has 1 aromatic heterocycles. The fourth-order valence-corrected chi connectivity index (χ4v) is 3.18. The number of benzene rings is 2. The molecule has 3 rings (SSSR count). The van der Waals surface area contributed by atoms with E-state index in [4.69, 9.17) is 16.0 Å². The Morgan fingerprint density at radius 3 is 2.66 bits per heavy atom. The Morgan fingerprint density at radius 1 is 1.21 bits per heavy atom. The zero-order chi connectivity index (χ0) is 20.6. The highest BCUT2D eigenvalue weighted by molar-refractivity contribution is 7.98. The summed E-state index contributed by atoms with van der Waals surface area (Å²) in [5.41, 5.74) is 2.35. The summed E-state index contributed by atoms with van der Waals surface area (Å²) in [5, 5.41) is 16.5. The number of nitrogens with one attached hydrogen (secondary N) is 1. The first-order valence-corrected chi connectivity index (χ1v) is 10.3. The third kappa shape index (κ3) is 5.10. The Morgan fingerprint density at radius 2 is 2.00 bits per heavy atom. The quantitative estimate of drug-likeness (QED) is 0.395. The minimum Gasteiger partial charge on any atom is -0.493 e. The maximum absolute atomic E-state index is 9.18. The van der Waals surface area contributed by atoms with Crippen molar-refractivity contribution in [2.45, 2.75) is 24.7 Å². The van der Waals surface area contributed by atoms with Crippen molar-refractivity contribution in [1.82, 2.24) is 10.2 Å². The molecule has 0 amide bonds. The Labute approximate surface area is 174 Å². The topological polar surface area (TPSA) is 75.3 Å². The molecule has 1 N–H and O–H groups in total. The van der Waals surface area contributed by atoms with Crippen LogP contribution in [0.2, 0.25) is 0 Å². The molecule has 0 atom stereocenters. The van der Waals surface area contributed by atoms with Crippen LogP contribution >= 0.6 is 11.8 Å². The van der Waals surface area contributed by atoms with Crippen LogP contribution in [0.25, 0.3) is 4.85 Å². The van der Waals surface area contributed by atoms with Crippen molar-refractivity contribution in [3.63, 3.8) is 0 Å². The standard InChI is InChI=1S/C22H20N4O2S/c1-4-20-22(28-18-12-15(14-23)11-16(13-18)24-2)21(26-25-20)9-10-27-17-5-7-19(29-3)8-6-17/h5-8,11-13H,4,9-10H2,1,3H3,(H,25,26). The maximum Gasteiger partial charge on any atom is 0.192 e. The van der Waals surface area contributed by atoms with Crippen molar-refractivity contribution >= 4 is 17.4 Å². The predicted molar refractivity (Wildman–Crippen MR) is 113 cm³/mol.